The molecular formula is C9H15N5O. The second kappa shape index (κ2) is 4.06. The molecule has 6 heteroatoms. The molecule has 15 heavy (non-hydrogen) atoms. The zero-order chi connectivity index (χ0) is 10.8. The Morgan fingerprint density at radius 2 is 2.33 bits per heavy atom. The third-order valence-corrected chi connectivity index (χ3v) is 2.67. The van der Waals surface area contributed by atoms with Crippen molar-refractivity contribution in [3.8, 4) is 0 Å². The van der Waals surface area contributed by atoms with Crippen molar-refractivity contribution < 1.29 is 4.79 Å². The molecule has 1 aromatic heterocycles. The Hall–Kier alpha value is -1.30. The van der Waals surface area contributed by atoms with E-state index in [1.54, 1.807) is 7.05 Å². The summed E-state index contributed by atoms with van der Waals surface area (Å²) in [6.45, 7) is 3.84. The molecule has 0 radical (unpaired) electrons. The highest BCUT2D eigenvalue weighted by Gasteiger charge is 2.28. The maximum atomic E-state index is 11.9. The fourth-order valence-corrected chi connectivity index (χ4v) is 1.92. The molecule has 1 aliphatic rings. The van der Waals surface area contributed by atoms with Gasteiger partial charge in [0.1, 0.15) is 0 Å². The summed E-state index contributed by atoms with van der Waals surface area (Å²) in [5.41, 5.74) is 0. The average molecular weight is 209 g/mol. The molecule has 0 saturated carbocycles. The van der Waals surface area contributed by atoms with Crippen molar-refractivity contribution in [1.29, 1.82) is 0 Å². The van der Waals surface area contributed by atoms with Gasteiger partial charge in [-0.05, 0) is 24.1 Å². The molecule has 1 aromatic rings. The Bertz CT molecular complexity index is 361. The van der Waals surface area contributed by atoms with E-state index in [-0.39, 0.29) is 17.5 Å². The van der Waals surface area contributed by atoms with Crippen LogP contribution in [0.25, 0.3) is 0 Å². The van der Waals surface area contributed by atoms with E-state index >= 15 is 0 Å². The molecule has 1 aliphatic heterocycles. The lowest BCUT2D eigenvalue weighted by molar-refractivity contribution is 0.0870. The van der Waals surface area contributed by atoms with Crippen LogP contribution in [0.2, 0.25) is 0 Å². The standard InChI is InChI=1S/C9H15N5O/c1-6-3-7(5-10-4-6)8(15)9-11-13-14(2)12-9/h6-7,10H,3-5H2,1-2H3. The van der Waals surface area contributed by atoms with E-state index < -0.39 is 0 Å². The first-order valence-electron chi connectivity index (χ1n) is 5.15. The minimum absolute atomic E-state index is 0.00190. The predicted molar refractivity (Wildman–Crippen MR) is 53.3 cm³/mol. The summed E-state index contributed by atoms with van der Waals surface area (Å²) in [5, 5.41) is 14.6. The molecule has 1 fully saturated rings. The molecule has 2 heterocycles. The number of carbonyl (C=O) groups is 1. The van der Waals surface area contributed by atoms with Gasteiger partial charge in [0.25, 0.3) is 0 Å². The van der Waals surface area contributed by atoms with E-state index in [0.29, 0.717) is 5.92 Å². The average Bonchev–Trinajstić information content (AvgIpc) is 2.64. The minimum atomic E-state index is -0.00190. The van der Waals surface area contributed by atoms with Crippen molar-refractivity contribution in [2.75, 3.05) is 13.1 Å². The Balaban J connectivity index is 2.07. The number of hydrogen-bond donors (Lipinski definition) is 1. The molecule has 2 rings (SSSR count). The highest BCUT2D eigenvalue weighted by Crippen LogP contribution is 2.18. The number of nitrogens with zero attached hydrogens (tertiary/aromatic N) is 4. The molecule has 1 saturated heterocycles. The number of carbonyl (C=O) groups excluding carboxylic acids is 1. The smallest absolute Gasteiger partial charge is 0.240 e. The van der Waals surface area contributed by atoms with Crippen molar-refractivity contribution in [2.45, 2.75) is 13.3 Å². The van der Waals surface area contributed by atoms with Crippen LogP contribution in [-0.2, 0) is 7.05 Å². The van der Waals surface area contributed by atoms with Crippen molar-refractivity contribution in [3.63, 3.8) is 0 Å². The van der Waals surface area contributed by atoms with Crippen LogP contribution >= 0.6 is 0 Å². The first kappa shape index (κ1) is 10.2. The van der Waals surface area contributed by atoms with E-state index in [1.807, 2.05) is 0 Å². The Kier molecular flexibility index (Phi) is 2.77. The van der Waals surface area contributed by atoms with Gasteiger partial charge in [-0.1, -0.05) is 6.92 Å². The second-order valence-corrected chi connectivity index (χ2v) is 4.16. The van der Waals surface area contributed by atoms with Gasteiger partial charge in [0.05, 0.1) is 7.05 Å². The molecule has 2 atom stereocenters. The molecular weight excluding hydrogens is 194 g/mol. The van der Waals surface area contributed by atoms with E-state index in [1.165, 1.54) is 4.80 Å². The number of hydrogen-bond acceptors (Lipinski definition) is 5. The number of piperidine rings is 1. The summed E-state index contributed by atoms with van der Waals surface area (Å²) >= 11 is 0. The van der Waals surface area contributed by atoms with Crippen molar-refractivity contribution in [1.82, 2.24) is 25.5 Å². The minimum Gasteiger partial charge on any atom is -0.316 e. The van der Waals surface area contributed by atoms with Crippen LogP contribution in [0, 0.1) is 11.8 Å². The predicted octanol–water partition coefficient (Wildman–Crippen LogP) is -0.362. The Morgan fingerprint density at radius 1 is 1.53 bits per heavy atom. The summed E-state index contributed by atoms with van der Waals surface area (Å²) < 4.78 is 0. The largest absolute Gasteiger partial charge is 0.316 e. The number of nitrogens with one attached hydrogen (secondary N) is 1. The highest BCUT2D eigenvalue weighted by atomic mass is 16.1. The second-order valence-electron chi connectivity index (χ2n) is 4.16. The topological polar surface area (TPSA) is 72.7 Å². The molecule has 0 aliphatic carbocycles. The molecule has 0 amide bonds. The maximum Gasteiger partial charge on any atom is 0.240 e. The van der Waals surface area contributed by atoms with Crippen LogP contribution in [0.3, 0.4) is 0 Å². The third-order valence-electron chi connectivity index (χ3n) is 2.67. The quantitative estimate of drug-likeness (QED) is 0.673. The van der Waals surface area contributed by atoms with Crippen molar-refractivity contribution >= 4 is 5.78 Å². The number of aryl methyl sites for hydroxylation is 1. The summed E-state index contributed by atoms with van der Waals surface area (Å²) in [6.07, 6.45) is 0.907. The van der Waals surface area contributed by atoms with Gasteiger partial charge in [-0.15, -0.1) is 10.2 Å². The zero-order valence-electron chi connectivity index (χ0n) is 8.97. The fourth-order valence-electron chi connectivity index (χ4n) is 1.92. The number of rotatable bonds is 2. The van der Waals surface area contributed by atoms with Gasteiger partial charge < -0.3 is 5.32 Å². The van der Waals surface area contributed by atoms with Crippen LogP contribution in [-0.4, -0.2) is 39.1 Å². The van der Waals surface area contributed by atoms with Crippen LogP contribution in [0.5, 0.6) is 0 Å². The van der Waals surface area contributed by atoms with Crippen LogP contribution in [0.1, 0.15) is 24.0 Å². The third kappa shape index (κ3) is 2.20. The molecule has 0 bridgehead atoms. The highest BCUT2D eigenvalue weighted by molar-refractivity contribution is 5.94. The van der Waals surface area contributed by atoms with Gasteiger partial charge in [-0.25, -0.2) is 0 Å². The van der Waals surface area contributed by atoms with Gasteiger partial charge in [-0.3, -0.25) is 4.79 Å². The van der Waals surface area contributed by atoms with E-state index in [9.17, 15) is 4.79 Å². The molecule has 82 valence electrons. The number of tetrazole rings is 1. The van der Waals surface area contributed by atoms with Crippen molar-refractivity contribution in [2.24, 2.45) is 18.9 Å². The van der Waals surface area contributed by atoms with E-state index in [0.717, 1.165) is 19.5 Å². The van der Waals surface area contributed by atoms with E-state index in [2.05, 4.69) is 27.7 Å². The molecule has 0 aromatic carbocycles. The lowest BCUT2D eigenvalue weighted by Crippen LogP contribution is -2.39. The van der Waals surface area contributed by atoms with Gasteiger partial charge >= 0.3 is 0 Å². The number of aromatic nitrogens is 4. The first-order valence-corrected chi connectivity index (χ1v) is 5.15. The number of Topliss-reactive ketones (excluding diaryl/α,β-unsaturated/α-hetero) is 1. The Morgan fingerprint density at radius 3 is 2.93 bits per heavy atom. The maximum absolute atomic E-state index is 11.9. The van der Waals surface area contributed by atoms with Crippen LogP contribution in [0.15, 0.2) is 0 Å². The first-order chi connectivity index (χ1) is 7.16. The summed E-state index contributed by atoms with van der Waals surface area (Å²) in [5.74, 6) is 0.767. The van der Waals surface area contributed by atoms with Crippen LogP contribution < -0.4 is 5.32 Å². The molecule has 1 N–H and O–H groups in total. The Labute approximate surface area is 88.0 Å². The normalized spacial score (nSPS) is 26.5. The van der Waals surface area contributed by atoms with Gasteiger partial charge in [-0.2, -0.15) is 4.80 Å². The number of ketones is 1. The lowest BCUT2D eigenvalue weighted by atomic mass is 9.88. The zero-order valence-corrected chi connectivity index (χ0v) is 8.97. The molecule has 2 unspecified atom stereocenters. The summed E-state index contributed by atoms with van der Waals surface area (Å²) in [6, 6.07) is 0. The van der Waals surface area contributed by atoms with Crippen LogP contribution in [0.4, 0.5) is 0 Å². The lowest BCUT2D eigenvalue weighted by Gasteiger charge is -2.25. The molecule has 0 spiro atoms. The van der Waals surface area contributed by atoms with Gasteiger partial charge in [0.15, 0.2) is 0 Å². The van der Waals surface area contributed by atoms with Gasteiger partial charge in [0.2, 0.25) is 11.6 Å². The van der Waals surface area contributed by atoms with Crippen molar-refractivity contribution in [3.05, 3.63) is 5.82 Å². The van der Waals surface area contributed by atoms with Gasteiger partial charge in [0, 0.05) is 12.5 Å². The summed E-state index contributed by atoms with van der Waals surface area (Å²) in [4.78, 5) is 13.3. The van der Waals surface area contributed by atoms with E-state index in [4.69, 9.17) is 0 Å². The molecule has 6 nitrogen and oxygen atoms in total. The summed E-state index contributed by atoms with van der Waals surface area (Å²) in [7, 11) is 1.66. The monoisotopic (exact) mass is 209 g/mol. The SMILES string of the molecule is CC1CNCC(C(=O)c2nnn(C)n2)C1. The fraction of sp³-hybridized carbons (Fsp3) is 0.778.